The van der Waals surface area contributed by atoms with E-state index in [9.17, 15) is 0 Å². The smallest absolute Gasteiger partial charge is 0.0737 e. The summed E-state index contributed by atoms with van der Waals surface area (Å²) < 4.78 is 0. The van der Waals surface area contributed by atoms with Crippen molar-refractivity contribution in [1.29, 1.82) is 0 Å². The molecule has 3 rings (SSSR count). The maximum absolute atomic E-state index is 4.48. The maximum atomic E-state index is 4.48. The van der Waals surface area contributed by atoms with E-state index in [1.165, 1.54) is 16.3 Å². The highest BCUT2D eigenvalue weighted by atomic mass is 14.7. The molecule has 0 amide bonds. The minimum absolute atomic E-state index is 0.173. The highest BCUT2D eigenvalue weighted by Gasteiger charge is 2.30. The molecule has 1 heterocycles. The molecule has 0 N–H and O–H groups in total. The van der Waals surface area contributed by atoms with Gasteiger partial charge in [-0.1, -0.05) is 38.6 Å². The second kappa shape index (κ2) is 2.94. The summed E-state index contributed by atoms with van der Waals surface area (Å²) in [7, 11) is 0. The Morgan fingerprint density at radius 3 is 2.88 bits per heavy atom. The molecule has 0 atom stereocenters. The molecule has 0 saturated heterocycles. The minimum atomic E-state index is 0.173. The zero-order valence-corrected chi connectivity index (χ0v) is 9.75. The van der Waals surface area contributed by atoms with Crippen molar-refractivity contribution in [1.82, 2.24) is 4.98 Å². The summed E-state index contributed by atoms with van der Waals surface area (Å²) in [5.74, 6) is 0. The molecule has 1 heteroatoms. The summed E-state index contributed by atoms with van der Waals surface area (Å²) in [6, 6.07) is 8.59. The summed E-state index contributed by atoms with van der Waals surface area (Å²) in [4.78, 5) is 4.48. The van der Waals surface area contributed by atoms with Gasteiger partial charge in [-0.05, 0) is 34.4 Å². The summed E-state index contributed by atoms with van der Waals surface area (Å²) in [6.07, 6.45) is 2.88. The van der Waals surface area contributed by atoms with Gasteiger partial charge >= 0.3 is 0 Å². The van der Waals surface area contributed by atoms with Gasteiger partial charge in [0.2, 0.25) is 0 Å². The fourth-order valence-electron chi connectivity index (χ4n) is 2.77. The first kappa shape index (κ1) is 9.59. The second-order valence-corrected chi connectivity index (χ2v) is 5.23. The molecular weight excluding hydrogens is 194 g/mol. The third-order valence-electron chi connectivity index (χ3n) is 3.51. The number of allylic oxidation sites excluding steroid dienone is 1. The predicted octanol–water partition coefficient (Wildman–Crippen LogP) is 3.93. The van der Waals surface area contributed by atoms with E-state index in [0.717, 1.165) is 17.7 Å². The van der Waals surface area contributed by atoms with Gasteiger partial charge < -0.3 is 0 Å². The molecule has 1 aromatic carbocycles. The number of hydrogen-bond acceptors (Lipinski definition) is 1. The number of aromatic nitrogens is 1. The van der Waals surface area contributed by atoms with Crippen LogP contribution in [0.3, 0.4) is 0 Å². The number of benzene rings is 1. The zero-order valence-electron chi connectivity index (χ0n) is 9.75. The van der Waals surface area contributed by atoms with Crippen molar-refractivity contribution in [2.45, 2.75) is 25.7 Å². The van der Waals surface area contributed by atoms with E-state index < -0.39 is 0 Å². The lowest BCUT2D eigenvalue weighted by atomic mass is 9.72. The van der Waals surface area contributed by atoms with Crippen LogP contribution in [0.25, 0.3) is 16.3 Å². The fraction of sp³-hybridized carbons (Fsp3) is 0.267. The molecule has 80 valence electrons. The van der Waals surface area contributed by atoms with E-state index in [4.69, 9.17) is 0 Å². The van der Waals surface area contributed by atoms with Crippen LogP contribution in [0.4, 0.5) is 0 Å². The van der Waals surface area contributed by atoms with E-state index in [0.29, 0.717) is 0 Å². The van der Waals surface area contributed by atoms with Crippen molar-refractivity contribution < 1.29 is 0 Å². The Hall–Kier alpha value is -1.63. The summed E-state index contributed by atoms with van der Waals surface area (Å²) in [6.45, 7) is 8.73. The largest absolute Gasteiger partial charge is 0.256 e. The highest BCUT2D eigenvalue weighted by molar-refractivity contribution is 5.97. The van der Waals surface area contributed by atoms with Crippen LogP contribution in [0.15, 0.2) is 37.0 Å². The molecule has 1 aliphatic rings. The van der Waals surface area contributed by atoms with Crippen molar-refractivity contribution in [3.63, 3.8) is 0 Å². The molecule has 0 fully saturated rings. The average Bonchev–Trinajstić information content (AvgIpc) is 2.25. The Morgan fingerprint density at radius 1 is 1.25 bits per heavy atom. The third-order valence-corrected chi connectivity index (χ3v) is 3.51. The Bertz CT molecular complexity index is 588. The van der Waals surface area contributed by atoms with Gasteiger partial charge in [-0.3, -0.25) is 4.98 Å². The Balaban J connectivity index is 2.52. The zero-order chi connectivity index (χ0) is 11.3. The monoisotopic (exact) mass is 209 g/mol. The number of rotatable bonds is 0. The van der Waals surface area contributed by atoms with Crippen molar-refractivity contribution in [3.8, 4) is 0 Å². The lowest BCUT2D eigenvalue weighted by molar-refractivity contribution is 0.540. The van der Waals surface area contributed by atoms with Crippen LogP contribution in [0.5, 0.6) is 0 Å². The van der Waals surface area contributed by atoms with Crippen LogP contribution >= 0.6 is 0 Å². The van der Waals surface area contributed by atoms with Gasteiger partial charge in [0, 0.05) is 11.6 Å². The standard InChI is InChI=1S/C15H15N/c1-10-9-15(2,3)12-6-4-5-11-7-8-16-14(10)13(11)12/h4-8H,1,9H2,2-3H3. The first-order valence-corrected chi connectivity index (χ1v) is 5.66. The van der Waals surface area contributed by atoms with E-state index in [2.05, 4.69) is 49.7 Å². The quantitative estimate of drug-likeness (QED) is 0.640. The van der Waals surface area contributed by atoms with E-state index in [-0.39, 0.29) is 5.41 Å². The summed E-state index contributed by atoms with van der Waals surface area (Å²) in [5.41, 5.74) is 3.83. The summed E-state index contributed by atoms with van der Waals surface area (Å²) in [5, 5.41) is 2.57. The molecular formula is C15H15N. The Labute approximate surface area is 95.8 Å². The van der Waals surface area contributed by atoms with Crippen LogP contribution in [-0.4, -0.2) is 4.98 Å². The van der Waals surface area contributed by atoms with Gasteiger partial charge in [-0.25, -0.2) is 0 Å². The van der Waals surface area contributed by atoms with E-state index in [1.807, 2.05) is 6.20 Å². The minimum Gasteiger partial charge on any atom is -0.256 e. The molecule has 16 heavy (non-hydrogen) atoms. The lowest BCUT2D eigenvalue weighted by Gasteiger charge is -2.33. The van der Waals surface area contributed by atoms with E-state index in [1.54, 1.807) is 0 Å². The molecule has 0 aliphatic heterocycles. The predicted molar refractivity (Wildman–Crippen MR) is 68.4 cm³/mol. The normalized spacial score (nSPS) is 17.8. The average molecular weight is 209 g/mol. The first-order valence-electron chi connectivity index (χ1n) is 5.66. The van der Waals surface area contributed by atoms with Crippen LogP contribution in [0.1, 0.15) is 31.5 Å². The molecule has 1 nitrogen and oxygen atoms in total. The summed E-state index contributed by atoms with van der Waals surface area (Å²) >= 11 is 0. The van der Waals surface area contributed by atoms with Gasteiger partial charge in [0.05, 0.1) is 5.69 Å². The fourth-order valence-corrected chi connectivity index (χ4v) is 2.77. The van der Waals surface area contributed by atoms with Crippen LogP contribution in [0.2, 0.25) is 0 Å². The maximum Gasteiger partial charge on any atom is 0.0737 e. The molecule has 2 aromatic rings. The van der Waals surface area contributed by atoms with Crippen LogP contribution < -0.4 is 0 Å². The number of pyridine rings is 1. The SMILES string of the molecule is C=C1CC(C)(C)c2cccc3ccnc1c23. The van der Waals surface area contributed by atoms with Crippen molar-refractivity contribution in [3.05, 3.63) is 48.3 Å². The molecule has 0 unspecified atom stereocenters. The second-order valence-electron chi connectivity index (χ2n) is 5.23. The molecule has 1 aromatic heterocycles. The van der Waals surface area contributed by atoms with Gasteiger partial charge in [0.25, 0.3) is 0 Å². The molecule has 0 saturated carbocycles. The van der Waals surface area contributed by atoms with Gasteiger partial charge in [0.1, 0.15) is 0 Å². The molecule has 0 bridgehead atoms. The lowest BCUT2D eigenvalue weighted by Crippen LogP contribution is -2.22. The molecule has 0 spiro atoms. The van der Waals surface area contributed by atoms with Crippen molar-refractivity contribution >= 4 is 16.3 Å². The Morgan fingerprint density at radius 2 is 2.06 bits per heavy atom. The Kier molecular flexibility index (Phi) is 1.76. The molecule has 1 aliphatic carbocycles. The number of nitrogens with zero attached hydrogens (tertiary/aromatic N) is 1. The topological polar surface area (TPSA) is 12.9 Å². The van der Waals surface area contributed by atoms with Gasteiger partial charge in [0.15, 0.2) is 0 Å². The van der Waals surface area contributed by atoms with Crippen LogP contribution in [0, 0.1) is 0 Å². The van der Waals surface area contributed by atoms with Crippen molar-refractivity contribution in [2.24, 2.45) is 0 Å². The highest BCUT2D eigenvalue weighted by Crippen LogP contribution is 2.43. The number of hydrogen-bond donors (Lipinski definition) is 0. The molecule has 0 radical (unpaired) electrons. The first-order chi connectivity index (χ1) is 7.59. The van der Waals surface area contributed by atoms with Gasteiger partial charge in [-0.2, -0.15) is 0 Å². The van der Waals surface area contributed by atoms with Crippen LogP contribution in [-0.2, 0) is 5.41 Å². The van der Waals surface area contributed by atoms with Gasteiger partial charge in [-0.15, -0.1) is 0 Å². The van der Waals surface area contributed by atoms with Crippen molar-refractivity contribution in [2.75, 3.05) is 0 Å². The van der Waals surface area contributed by atoms with E-state index >= 15 is 0 Å². The third kappa shape index (κ3) is 1.15.